The highest BCUT2D eigenvalue weighted by molar-refractivity contribution is 5.92. The molecule has 0 radical (unpaired) electrons. The summed E-state index contributed by atoms with van der Waals surface area (Å²) in [6.07, 6.45) is 6.44. The number of likely N-dealkylation sites (tertiary alicyclic amines) is 1. The van der Waals surface area contributed by atoms with E-state index in [1.165, 1.54) is 29.1 Å². The molecule has 170 valence electrons. The predicted octanol–water partition coefficient (Wildman–Crippen LogP) is 4.01. The summed E-state index contributed by atoms with van der Waals surface area (Å²) >= 11 is 0. The van der Waals surface area contributed by atoms with Gasteiger partial charge in [0.25, 0.3) is 5.91 Å². The molecule has 1 aromatic heterocycles. The highest BCUT2D eigenvalue weighted by atomic mass is 16.2. The van der Waals surface area contributed by atoms with E-state index in [1.54, 1.807) is 16.0 Å². The van der Waals surface area contributed by atoms with Crippen LogP contribution in [0.1, 0.15) is 34.5 Å². The molecule has 1 aliphatic heterocycles. The number of aryl methyl sites for hydroxylation is 1. The van der Waals surface area contributed by atoms with Gasteiger partial charge in [-0.2, -0.15) is 0 Å². The Morgan fingerprint density at radius 2 is 1.64 bits per heavy atom. The van der Waals surface area contributed by atoms with Gasteiger partial charge in [0, 0.05) is 39.6 Å². The van der Waals surface area contributed by atoms with E-state index in [0.717, 1.165) is 5.56 Å². The van der Waals surface area contributed by atoms with Gasteiger partial charge in [0.2, 0.25) is 5.91 Å². The number of rotatable bonds is 5. The molecule has 3 aromatic rings. The second-order valence-corrected chi connectivity index (χ2v) is 9.01. The van der Waals surface area contributed by atoms with Gasteiger partial charge in [-0.3, -0.25) is 14.6 Å². The molecule has 1 aliphatic rings. The van der Waals surface area contributed by atoms with Crippen LogP contribution in [0.25, 0.3) is 11.1 Å². The van der Waals surface area contributed by atoms with Crippen molar-refractivity contribution < 1.29 is 9.59 Å². The summed E-state index contributed by atoms with van der Waals surface area (Å²) in [5.74, 6) is -0.0111. The first kappa shape index (κ1) is 22.6. The van der Waals surface area contributed by atoms with E-state index in [-0.39, 0.29) is 11.8 Å². The molecule has 0 N–H and O–H groups in total. The van der Waals surface area contributed by atoms with Crippen LogP contribution in [0.4, 0.5) is 0 Å². The van der Waals surface area contributed by atoms with Crippen molar-refractivity contribution in [3.63, 3.8) is 0 Å². The molecule has 1 fully saturated rings. The number of piperidine rings is 1. The largest absolute Gasteiger partial charge is 0.348 e. The van der Waals surface area contributed by atoms with E-state index in [4.69, 9.17) is 0 Å². The summed E-state index contributed by atoms with van der Waals surface area (Å²) < 4.78 is 0. The Morgan fingerprint density at radius 1 is 0.970 bits per heavy atom. The van der Waals surface area contributed by atoms with Crippen molar-refractivity contribution >= 4 is 11.8 Å². The molecule has 1 saturated heterocycles. The third kappa shape index (κ3) is 4.65. The maximum Gasteiger partial charge on any atom is 0.274 e. The van der Waals surface area contributed by atoms with E-state index in [9.17, 15) is 9.59 Å². The number of hydrogen-bond acceptors (Lipinski definition) is 4. The average Bonchev–Trinajstić information content (AvgIpc) is 2.85. The van der Waals surface area contributed by atoms with Crippen molar-refractivity contribution in [3.8, 4) is 11.1 Å². The van der Waals surface area contributed by atoms with Gasteiger partial charge in [0.15, 0.2) is 0 Å². The number of nitrogens with zero attached hydrogens (tertiary/aromatic N) is 4. The minimum atomic E-state index is -0.554. The molecule has 4 rings (SSSR count). The van der Waals surface area contributed by atoms with Crippen molar-refractivity contribution in [1.82, 2.24) is 19.8 Å². The molecule has 0 spiro atoms. The second kappa shape index (κ2) is 9.53. The quantitative estimate of drug-likeness (QED) is 0.599. The summed E-state index contributed by atoms with van der Waals surface area (Å²) in [6.45, 7) is 3.15. The number of amides is 2. The Hall–Kier alpha value is -3.54. The maximum atomic E-state index is 13.5. The van der Waals surface area contributed by atoms with Crippen molar-refractivity contribution in [3.05, 3.63) is 83.9 Å². The molecule has 0 bridgehead atoms. The molecular formula is C27H30N4O2. The summed E-state index contributed by atoms with van der Waals surface area (Å²) in [5, 5.41) is 0. The Kier molecular flexibility index (Phi) is 6.54. The third-order valence-corrected chi connectivity index (χ3v) is 6.63. The van der Waals surface area contributed by atoms with Gasteiger partial charge in [0.05, 0.1) is 11.6 Å². The van der Waals surface area contributed by atoms with Crippen molar-refractivity contribution in [2.24, 2.45) is 5.41 Å². The number of carbonyl (C=O) groups is 2. The zero-order valence-electron chi connectivity index (χ0n) is 19.5. The molecule has 0 aliphatic carbocycles. The molecular weight excluding hydrogens is 412 g/mol. The fourth-order valence-electron chi connectivity index (χ4n) is 4.83. The first-order chi connectivity index (χ1) is 15.9. The minimum Gasteiger partial charge on any atom is -0.348 e. The van der Waals surface area contributed by atoms with Crippen LogP contribution in [-0.2, 0) is 11.2 Å². The van der Waals surface area contributed by atoms with Gasteiger partial charge in [0.1, 0.15) is 5.69 Å². The minimum absolute atomic E-state index is 0.119. The SMILES string of the molecule is Cc1ccccc1-c1ccccc1CC1(C(=O)N(C)C)CCN(C(=O)c2cnccn2)CC1. The predicted molar refractivity (Wildman–Crippen MR) is 129 cm³/mol. The Bertz CT molecular complexity index is 1140. The van der Waals surface area contributed by atoms with E-state index in [0.29, 0.717) is 38.0 Å². The monoisotopic (exact) mass is 442 g/mol. The van der Waals surface area contributed by atoms with Gasteiger partial charge >= 0.3 is 0 Å². The Morgan fingerprint density at radius 3 is 2.27 bits per heavy atom. The van der Waals surface area contributed by atoms with Crippen LogP contribution in [0, 0.1) is 12.3 Å². The number of benzene rings is 2. The smallest absolute Gasteiger partial charge is 0.274 e. The van der Waals surface area contributed by atoms with Crippen LogP contribution >= 0.6 is 0 Å². The molecule has 6 heteroatoms. The summed E-state index contributed by atoms with van der Waals surface area (Å²) in [7, 11) is 3.63. The van der Waals surface area contributed by atoms with Gasteiger partial charge < -0.3 is 9.80 Å². The Balaban J connectivity index is 1.62. The standard InChI is InChI=1S/C27H30N4O2/c1-20-8-4-6-10-22(20)23-11-7-5-9-21(23)18-27(26(33)30(2)3)12-16-31(17-13-27)25(32)24-19-28-14-15-29-24/h4-11,14-15,19H,12-13,16-18H2,1-3H3. The molecule has 0 saturated carbocycles. The van der Waals surface area contributed by atoms with Gasteiger partial charge in [-0.15, -0.1) is 0 Å². The fraction of sp³-hybridized carbons (Fsp3) is 0.333. The van der Waals surface area contributed by atoms with Crippen LogP contribution in [0.3, 0.4) is 0 Å². The van der Waals surface area contributed by atoms with E-state index in [2.05, 4.69) is 47.2 Å². The highest BCUT2D eigenvalue weighted by Crippen LogP contribution is 2.40. The number of aromatic nitrogens is 2. The average molecular weight is 443 g/mol. The summed E-state index contributed by atoms with van der Waals surface area (Å²) in [4.78, 5) is 38.0. The molecule has 2 amide bonds. The van der Waals surface area contributed by atoms with E-state index in [1.807, 2.05) is 32.3 Å². The maximum absolute atomic E-state index is 13.5. The number of hydrogen-bond donors (Lipinski definition) is 0. The highest BCUT2D eigenvalue weighted by Gasteiger charge is 2.43. The topological polar surface area (TPSA) is 66.4 Å². The second-order valence-electron chi connectivity index (χ2n) is 9.01. The molecule has 0 atom stereocenters. The molecule has 6 nitrogen and oxygen atoms in total. The Labute approximate surface area is 195 Å². The lowest BCUT2D eigenvalue weighted by atomic mass is 9.71. The number of carbonyl (C=O) groups excluding carboxylic acids is 2. The first-order valence-electron chi connectivity index (χ1n) is 11.3. The molecule has 2 heterocycles. The van der Waals surface area contributed by atoms with Crippen LogP contribution in [0.2, 0.25) is 0 Å². The molecule has 2 aromatic carbocycles. The first-order valence-corrected chi connectivity index (χ1v) is 11.3. The van der Waals surface area contributed by atoms with Crippen molar-refractivity contribution in [2.45, 2.75) is 26.2 Å². The van der Waals surface area contributed by atoms with Crippen molar-refractivity contribution in [2.75, 3.05) is 27.2 Å². The van der Waals surface area contributed by atoms with Gasteiger partial charge in [-0.05, 0) is 48.4 Å². The summed E-state index contributed by atoms with van der Waals surface area (Å²) in [6, 6.07) is 16.7. The van der Waals surface area contributed by atoms with E-state index >= 15 is 0 Å². The third-order valence-electron chi connectivity index (χ3n) is 6.63. The van der Waals surface area contributed by atoms with Crippen LogP contribution in [0.15, 0.2) is 67.1 Å². The zero-order valence-corrected chi connectivity index (χ0v) is 19.5. The van der Waals surface area contributed by atoms with E-state index < -0.39 is 5.41 Å². The van der Waals surface area contributed by atoms with Crippen molar-refractivity contribution in [1.29, 1.82) is 0 Å². The lowest BCUT2D eigenvalue weighted by Gasteiger charge is -2.42. The van der Waals surface area contributed by atoms with Gasteiger partial charge in [-0.25, -0.2) is 4.98 Å². The van der Waals surface area contributed by atoms with Crippen LogP contribution in [-0.4, -0.2) is 58.8 Å². The van der Waals surface area contributed by atoms with Crippen LogP contribution < -0.4 is 0 Å². The summed E-state index contributed by atoms with van der Waals surface area (Å²) in [5.41, 5.74) is 4.52. The normalized spacial score (nSPS) is 15.2. The zero-order chi connectivity index (χ0) is 23.4. The molecule has 0 unspecified atom stereocenters. The lowest BCUT2D eigenvalue weighted by Crippen LogP contribution is -2.51. The fourth-order valence-corrected chi connectivity index (χ4v) is 4.83. The lowest BCUT2D eigenvalue weighted by molar-refractivity contribution is -0.142. The van der Waals surface area contributed by atoms with Gasteiger partial charge in [-0.1, -0.05) is 48.5 Å². The molecule has 33 heavy (non-hydrogen) atoms. The van der Waals surface area contributed by atoms with Crippen LogP contribution in [0.5, 0.6) is 0 Å².